The smallest absolute Gasteiger partial charge is 0.123 e. The minimum Gasteiger partial charge on any atom is -0.207 e. The fraction of sp³-hybridized carbons (Fsp3) is 0.0769. The van der Waals surface area contributed by atoms with E-state index in [4.69, 9.17) is 58.0 Å². The van der Waals surface area contributed by atoms with Crippen LogP contribution in [0.5, 0.6) is 0 Å². The molecule has 0 atom stereocenters. The maximum absolute atomic E-state index is 13.4. The molecule has 0 spiro atoms. The summed E-state index contributed by atoms with van der Waals surface area (Å²) in [6, 6.07) is 4.29. The Labute approximate surface area is 135 Å². The van der Waals surface area contributed by atoms with Gasteiger partial charge < -0.3 is 0 Å². The lowest BCUT2D eigenvalue weighted by Crippen LogP contribution is -1.90. The topological polar surface area (TPSA) is 0 Å². The Balaban J connectivity index is 2.87. The van der Waals surface area contributed by atoms with Gasteiger partial charge in [0.05, 0.1) is 25.1 Å². The van der Waals surface area contributed by atoms with Gasteiger partial charge in [-0.15, -0.1) is 0 Å². The zero-order valence-electron chi connectivity index (χ0n) is 9.50. The fourth-order valence-electron chi connectivity index (χ4n) is 1.70. The summed E-state index contributed by atoms with van der Waals surface area (Å²) in [5, 5.41) is 0.563. The van der Waals surface area contributed by atoms with E-state index >= 15 is 0 Å². The molecule has 0 bridgehead atoms. The average molecular weight is 358 g/mol. The van der Waals surface area contributed by atoms with E-state index in [1.807, 2.05) is 0 Å². The standard InChI is InChI=1S/C13H6Cl5F/c1-5-2-3-6(19)4-7(5)8-9(14)11(16)13(18)12(17)10(8)15/h2-4H,1H3. The van der Waals surface area contributed by atoms with E-state index in [9.17, 15) is 4.39 Å². The van der Waals surface area contributed by atoms with Crippen LogP contribution in [0.15, 0.2) is 18.2 Å². The third-order valence-corrected chi connectivity index (χ3v) is 4.96. The number of halogens is 6. The maximum atomic E-state index is 13.4. The van der Waals surface area contributed by atoms with Crippen molar-refractivity contribution in [3.8, 4) is 11.1 Å². The van der Waals surface area contributed by atoms with Gasteiger partial charge in [-0.3, -0.25) is 0 Å². The van der Waals surface area contributed by atoms with Crippen LogP contribution in [0.2, 0.25) is 25.1 Å². The Bertz CT molecular complexity index is 638. The van der Waals surface area contributed by atoms with Crippen LogP contribution in [-0.4, -0.2) is 0 Å². The highest BCUT2D eigenvalue weighted by Gasteiger charge is 2.21. The van der Waals surface area contributed by atoms with Crippen molar-refractivity contribution in [3.05, 3.63) is 54.7 Å². The molecule has 0 saturated heterocycles. The Morgan fingerprint density at radius 1 is 0.789 bits per heavy atom. The second-order valence-electron chi connectivity index (χ2n) is 3.90. The minimum absolute atomic E-state index is 0.0798. The fourth-order valence-corrected chi connectivity index (χ4v) is 3.05. The summed E-state index contributed by atoms with van der Waals surface area (Å²) >= 11 is 30.2. The highest BCUT2D eigenvalue weighted by Crippen LogP contribution is 2.48. The summed E-state index contributed by atoms with van der Waals surface area (Å²) in [5.41, 5.74) is 1.69. The monoisotopic (exact) mass is 356 g/mol. The molecule has 2 aromatic carbocycles. The Morgan fingerprint density at radius 3 is 1.79 bits per heavy atom. The number of aryl methyl sites for hydroxylation is 1. The Morgan fingerprint density at radius 2 is 1.26 bits per heavy atom. The van der Waals surface area contributed by atoms with Crippen molar-refractivity contribution in [2.45, 2.75) is 6.92 Å². The van der Waals surface area contributed by atoms with Crippen LogP contribution in [0.4, 0.5) is 4.39 Å². The van der Waals surface area contributed by atoms with Gasteiger partial charge in [0, 0.05) is 5.56 Å². The predicted octanol–water partition coefficient (Wildman–Crippen LogP) is 7.07. The zero-order chi connectivity index (χ0) is 14.3. The molecule has 0 N–H and O–H groups in total. The number of hydrogen-bond acceptors (Lipinski definition) is 0. The molecular formula is C13H6Cl5F. The van der Waals surface area contributed by atoms with E-state index in [0.717, 1.165) is 5.56 Å². The van der Waals surface area contributed by atoms with Crippen molar-refractivity contribution in [1.82, 2.24) is 0 Å². The molecule has 0 fully saturated rings. The Hall–Kier alpha value is -0.180. The highest BCUT2D eigenvalue weighted by atomic mass is 35.5. The van der Waals surface area contributed by atoms with Crippen molar-refractivity contribution in [1.29, 1.82) is 0 Å². The van der Waals surface area contributed by atoms with Crippen molar-refractivity contribution >= 4 is 58.0 Å². The van der Waals surface area contributed by atoms with Crippen LogP contribution in [0.3, 0.4) is 0 Å². The molecule has 2 rings (SSSR count). The van der Waals surface area contributed by atoms with Gasteiger partial charge in [-0.05, 0) is 30.2 Å². The molecule has 0 nitrogen and oxygen atoms in total. The van der Waals surface area contributed by atoms with E-state index in [0.29, 0.717) is 11.1 Å². The first-order valence-corrected chi connectivity index (χ1v) is 7.01. The number of rotatable bonds is 1. The molecule has 0 amide bonds. The van der Waals surface area contributed by atoms with Gasteiger partial charge in [-0.1, -0.05) is 64.1 Å². The quantitative estimate of drug-likeness (QED) is 0.378. The first kappa shape index (κ1) is 15.2. The molecule has 0 unspecified atom stereocenters. The van der Waals surface area contributed by atoms with Crippen LogP contribution in [0.25, 0.3) is 11.1 Å². The van der Waals surface area contributed by atoms with Gasteiger partial charge in [-0.2, -0.15) is 0 Å². The third kappa shape index (κ3) is 2.68. The van der Waals surface area contributed by atoms with Crippen molar-refractivity contribution < 1.29 is 4.39 Å². The molecule has 0 radical (unpaired) electrons. The molecule has 0 heterocycles. The second kappa shape index (κ2) is 5.67. The van der Waals surface area contributed by atoms with Gasteiger partial charge in [0.1, 0.15) is 5.82 Å². The molecule has 19 heavy (non-hydrogen) atoms. The molecule has 100 valence electrons. The summed E-state index contributed by atoms with van der Waals surface area (Å²) in [5.74, 6) is -0.407. The summed E-state index contributed by atoms with van der Waals surface area (Å²) in [7, 11) is 0. The van der Waals surface area contributed by atoms with Gasteiger partial charge >= 0.3 is 0 Å². The van der Waals surface area contributed by atoms with Crippen molar-refractivity contribution in [3.63, 3.8) is 0 Å². The van der Waals surface area contributed by atoms with Crippen LogP contribution in [0, 0.1) is 12.7 Å². The van der Waals surface area contributed by atoms with Crippen LogP contribution >= 0.6 is 58.0 Å². The van der Waals surface area contributed by atoms with Crippen molar-refractivity contribution in [2.24, 2.45) is 0 Å². The van der Waals surface area contributed by atoms with Crippen LogP contribution in [-0.2, 0) is 0 Å². The lowest BCUT2D eigenvalue weighted by atomic mass is 10.00. The summed E-state index contributed by atoms with van der Waals surface area (Å²) in [6.07, 6.45) is 0. The zero-order valence-corrected chi connectivity index (χ0v) is 13.3. The second-order valence-corrected chi connectivity index (χ2v) is 5.79. The van der Waals surface area contributed by atoms with Gasteiger partial charge in [-0.25, -0.2) is 4.39 Å². The molecular weight excluding hydrogens is 352 g/mol. The lowest BCUT2D eigenvalue weighted by molar-refractivity contribution is 0.628. The SMILES string of the molecule is Cc1ccc(F)cc1-c1c(Cl)c(Cl)c(Cl)c(Cl)c1Cl. The highest BCUT2D eigenvalue weighted by molar-refractivity contribution is 6.56. The molecule has 6 heteroatoms. The van der Waals surface area contributed by atoms with Crippen LogP contribution < -0.4 is 0 Å². The molecule has 0 aliphatic rings. The van der Waals surface area contributed by atoms with Gasteiger partial charge in [0.15, 0.2) is 0 Å². The summed E-state index contributed by atoms with van der Waals surface area (Å²) in [4.78, 5) is 0. The lowest BCUT2D eigenvalue weighted by Gasteiger charge is -2.14. The van der Waals surface area contributed by atoms with Gasteiger partial charge in [0.25, 0.3) is 0 Å². The number of benzene rings is 2. The maximum Gasteiger partial charge on any atom is 0.123 e. The largest absolute Gasteiger partial charge is 0.207 e. The number of hydrogen-bond donors (Lipinski definition) is 0. The Kier molecular flexibility index (Phi) is 4.54. The molecule has 0 saturated carbocycles. The normalized spacial score (nSPS) is 10.9. The van der Waals surface area contributed by atoms with E-state index in [2.05, 4.69) is 0 Å². The molecule has 0 aromatic heterocycles. The minimum atomic E-state index is -0.407. The van der Waals surface area contributed by atoms with Crippen LogP contribution in [0.1, 0.15) is 5.56 Å². The molecule has 0 aliphatic heterocycles. The first-order chi connectivity index (χ1) is 8.84. The third-order valence-electron chi connectivity index (χ3n) is 2.68. The molecule has 0 aliphatic carbocycles. The predicted molar refractivity (Wildman–Crippen MR) is 81.6 cm³/mol. The van der Waals surface area contributed by atoms with E-state index in [-0.39, 0.29) is 25.1 Å². The first-order valence-electron chi connectivity index (χ1n) is 5.12. The van der Waals surface area contributed by atoms with E-state index < -0.39 is 5.82 Å². The van der Waals surface area contributed by atoms with Crippen molar-refractivity contribution in [2.75, 3.05) is 0 Å². The van der Waals surface area contributed by atoms with E-state index in [1.54, 1.807) is 13.0 Å². The van der Waals surface area contributed by atoms with Gasteiger partial charge in [0.2, 0.25) is 0 Å². The van der Waals surface area contributed by atoms with E-state index in [1.165, 1.54) is 12.1 Å². The molecule has 2 aromatic rings. The summed E-state index contributed by atoms with van der Waals surface area (Å²) in [6.45, 7) is 1.80. The summed E-state index contributed by atoms with van der Waals surface area (Å²) < 4.78 is 13.4. The average Bonchev–Trinajstić information content (AvgIpc) is 2.38.